The number of benzene rings is 1. The van der Waals surface area contributed by atoms with Crippen LogP contribution in [0.1, 0.15) is 29.9 Å². The minimum absolute atomic E-state index is 0.420. The minimum atomic E-state index is 0.420. The fraction of sp³-hybridized carbons (Fsp3) is 0.263. The Bertz CT molecular complexity index is 679. The molecule has 22 heavy (non-hydrogen) atoms. The third-order valence-electron chi connectivity index (χ3n) is 4.32. The number of fused-ring (bicyclic) bond motifs is 1. The normalized spacial score (nSPS) is 17.1. The van der Waals surface area contributed by atoms with Crippen molar-refractivity contribution in [3.63, 3.8) is 0 Å². The van der Waals surface area contributed by atoms with Crippen LogP contribution in [0.15, 0.2) is 54.9 Å². The summed E-state index contributed by atoms with van der Waals surface area (Å²) < 4.78 is 0. The monoisotopic (exact) mass is 292 g/mol. The molecule has 3 nitrogen and oxygen atoms in total. The van der Waals surface area contributed by atoms with Crippen LogP contribution in [0.5, 0.6) is 0 Å². The van der Waals surface area contributed by atoms with Gasteiger partial charge in [0.05, 0.1) is 0 Å². The van der Waals surface area contributed by atoms with Crippen molar-refractivity contribution in [2.24, 2.45) is 0 Å². The van der Waals surface area contributed by atoms with Gasteiger partial charge in [-0.05, 0) is 36.1 Å². The quantitative estimate of drug-likeness (QED) is 0.806. The molecular weight excluding hydrogens is 272 g/mol. The predicted molar refractivity (Wildman–Crippen MR) is 90.0 cm³/mol. The van der Waals surface area contributed by atoms with Gasteiger partial charge in [-0.3, -0.25) is 9.78 Å². The number of pyridine rings is 1. The van der Waals surface area contributed by atoms with E-state index in [4.69, 9.17) is 0 Å². The molecule has 0 spiro atoms. The number of rotatable bonds is 4. The summed E-state index contributed by atoms with van der Waals surface area (Å²) in [6.45, 7) is 0.932. The molecular formula is C19H20N2O. The molecule has 1 heterocycles. The standard InChI is InChI=1S/C19H20N2O/c1-21(17-9-11-20-12-10-17)13-15-5-4-6-16(14-22)19-8-3-2-7-18(15)19/h2-3,6-12,14-15H,4-5,13H2,1H3. The molecule has 2 aromatic rings. The maximum atomic E-state index is 11.3. The summed E-state index contributed by atoms with van der Waals surface area (Å²) in [5, 5.41) is 0. The molecule has 0 N–H and O–H groups in total. The van der Waals surface area contributed by atoms with Gasteiger partial charge in [-0.25, -0.2) is 0 Å². The Balaban J connectivity index is 1.87. The lowest BCUT2D eigenvalue weighted by molar-refractivity contribution is -0.103. The van der Waals surface area contributed by atoms with Crippen molar-refractivity contribution < 1.29 is 4.79 Å². The van der Waals surface area contributed by atoms with Crippen LogP contribution < -0.4 is 4.90 Å². The van der Waals surface area contributed by atoms with E-state index >= 15 is 0 Å². The van der Waals surface area contributed by atoms with E-state index in [9.17, 15) is 4.79 Å². The Morgan fingerprint density at radius 2 is 2.00 bits per heavy atom. The Morgan fingerprint density at radius 1 is 1.23 bits per heavy atom. The number of anilines is 1. The highest BCUT2D eigenvalue weighted by Gasteiger charge is 2.21. The van der Waals surface area contributed by atoms with Gasteiger partial charge in [-0.1, -0.05) is 30.3 Å². The molecule has 1 aliphatic rings. The van der Waals surface area contributed by atoms with E-state index in [-0.39, 0.29) is 0 Å². The van der Waals surface area contributed by atoms with Crippen LogP contribution in [0.3, 0.4) is 0 Å². The van der Waals surface area contributed by atoms with Gasteiger partial charge in [-0.2, -0.15) is 0 Å². The Morgan fingerprint density at radius 3 is 2.77 bits per heavy atom. The van der Waals surface area contributed by atoms with Gasteiger partial charge in [0, 0.05) is 43.2 Å². The first kappa shape index (κ1) is 14.5. The lowest BCUT2D eigenvalue weighted by Crippen LogP contribution is -2.24. The first-order valence-corrected chi connectivity index (χ1v) is 7.65. The molecule has 3 rings (SSSR count). The maximum Gasteiger partial charge on any atom is 0.150 e. The summed E-state index contributed by atoms with van der Waals surface area (Å²) in [7, 11) is 2.11. The second-order valence-corrected chi connectivity index (χ2v) is 5.72. The number of aldehydes is 1. The van der Waals surface area contributed by atoms with Crippen molar-refractivity contribution in [1.29, 1.82) is 0 Å². The van der Waals surface area contributed by atoms with Gasteiger partial charge >= 0.3 is 0 Å². The Labute approximate surface area is 131 Å². The van der Waals surface area contributed by atoms with Gasteiger partial charge < -0.3 is 4.90 Å². The van der Waals surface area contributed by atoms with Gasteiger partial charge in [0.1, 0.15) is 6.29 Å². The van der Waals surface area contributed by atoms with E-state index in [0.29, 0.717) is 5.92 Å². The van der Waals surface area contributed by atoms with Gasteiger partial charge in [0.25, 0.3) is 0 Å². The molecule has 0 fully saturated rings. The summed E-state index contributed by atoms with van der Waals surface area (Å²) in [4.78, 5) is 17.7. The fourth-order valence-electron chi connectivity index (χ4n) is 3.16. The van der Waals surface area contributed by atoms with E-state index in [1.807, 2.05) is 30.6 Å². The van der Waals surface area contributed by atoms with Crippen molar-refractivity contribution in [3.05, 3.63) is 66.0 Å². The molecule has 1 atom stereocenters. The molecule has 0 bridgehead atoms. The topological polar surface area (TPSA) is 33.2 Å². The lowest BCUT2D eigenvalue weighted by Gasteiger charge is -2.26. The third kappa shape index (κ3) is 2.93. The number of hydrogen-bond donors (Lipinski definition) is 0. The van der Waals surface area contributed by atoms with Gasteiger partial charge in [0.15, 0.2) is 0 Å². The molecule has 3 heteroatoms. The van der Waals surface area contributed by atoms with Crippen molar-refractivity contribution >= 4 is 17.5 Å². The first-order chi connectivity index (χ1) is 10.8. The predicted octanol–water partition coefficient (Wildman–Crippen LogP) is 3.68. The summed E-state index contributed by atoms with van der Waals surface area (Å²) in [6, 6.07) is 12.3. The van der Waals surface area contributed by atoms with Crippen LogP contribution >= 0.6 is 0 Å². The van der Waals surface area contributed by atoms with Crippen LogP contribution in [-0.4, -0.2) is 24.9 Å². The fourth-order valence-corrected chi connectivity index (χ4v) is 3.16. The molecule has 1 aromatic carbocycles. The molecule has 0 aliphatic heterocycles. The van der Waals surface area contributed by atoms with Gasteiger partial charge in [-0.15, -0.1) is 0 Å². The van der Waals surface area contributed by atoms with E-state index in [1.54, 1.807) is 0 Å². The number of nitrogens with zero attached hydrogens (tertiary/aromatic N) is 2. The van der Waals surface area contributed by atoms with Crippen LogP contribution in [0.2, 0.25) is 0 Å². The number of allylic oxidation sites excluding steroid dienone is 2. The third-order valence-corrected chi connectivity index (χ3v) is 4.32. The van der Waals surface area contributed by atoms with E-state index in [0.717, 1.165) is 36.8 Å². The maximum absolute atomic E-state index is 11.3. The highest BCUT2D eigenvalue weighted by atomic mass is 16.1. The first-order valence-electron chi connectivity index (χ1n) is 7.65. The number of carbonyl (C=O) groups excluding carboxylic acids is 1. The van der Waals surface area contributed by atoms with Crippen LogP contribution in [0.25, 0.3) is 5.57 Å². The summed E-state index contributed by atoms with van der Waals surface area (Å²) in [5.74, 6) is 0.420. The molecule has 112 valence electrons. The number of hydrogen-bond acceptors (Lipinski definition) is 3. The van der Waals surface area contributed by atoms with Crippen molar-refractivity contribution in [2.75, 3.05) is 18.5 Å². The number of likely N-dealkylation sites (N-methyl/N-ethyl adjacent to an activating group) is 1. The Hall–Kier alpha value is -2.42. The molecule has 0 saturated heterocycles. The van der Waals surface area contributed by atoms with E-state index in [1.165, 1.54) is 11.3 Å². The highest BCUT2D eigenvalue weighted by Crippen LogP contribution is 2.33. The highest BCUT2D eigenvalue weighted by molar-refractivity contribution is 6.07. The van der Waals surface area contributed by atoms with Crippen molar-refractivity contribution in [3.8, 4) is 0 Å². The van der Waals surface area contributed by atoms with E-state index in [2.05, 4.69) is 41.2 Å². The van der Waals surface area contributed by atoms with Crippen LogP contribution in [-0.2, 0) is 4.79 Å². The van der Waals surface area contributed by atoms with Crippen molar-refractivity contribution in [2.45, 2.75) is 18.8 Å². The average Bonchev–Trinajstić information content (AvgIpc) is 2.75. The molecule has 0 amide bonds. The van der Waals surface area contributed by atoms with Crippen LogP contribution in [0.4, 0.5) is 5.69 Å². The van der Waals surface area contributed by atoms with E-state index < -0.39 is 0 Å². The second kappa shape index (κ2) is 6.56. The number of carbonyl (C=O) groups is 1. The van der Waals surface area contributed by atoms with Crippen molar-refractivity contribution in [1.82, 2.24) is 4.98 Å². The zero-order chi connectivity index (χ0) is 15.4. The average molecular weight is 292 g/mol. The molecule has 0 radical (unpaired) electrons. The second-order valence-electron chi connectivity index (χ2n) is 5.72. The van der Waals surface area contributed by atoms with Gasteiger partial charge in [0.2, 0.25) is 0 Å². The Kier molecular flexibility index (Phi) is 4.33. The summed E-state index contributed by atoms with van der Waals surface area (Å²) in [6.07, 6.45) is 8.69. The van der Waals surface area contributed by atoms with Crippen LogP contribution in [0, 0.1) is 0 Å². The molecule has 1 unspecified atom stereocenters. The zero-order valence-electron chi connectivity index (χ0n) is 12.8. The summed E-state index contributed by atoms with van der Waals surface area (Å²) >= 11 is 0. The minimum Gasteiger partial charge on any atom is -0.374 e. The zero-order valence-corrected chi connectivity index (χ0v) is 12.8. The SMILES string of the molecule is CN(CC1CCC=C(C=O)c2ccccc21)c1ccncc1. The number of aromatic nitrogens is 1. The molecule has 0 saturated carbocycles. The lowest BCUT2D eigenvalue weighted by atomic mass is 9.90. The largest absolute Gasteiger partial charge is 0.374 e. The smallest absolute Gasteiger partial charge is 0.150 e. The summed E-state index contributed by atoms with van der Waals surface area (Å²) in [5.41, 5.74) is 4.35. The molecule has 1 aliphatic carbocycles. The molecule has 1 aromatic heterocycles.